The third-order valence-electron chi connectivity index (χ3n) is 2.83. The molecule has 0 atom stereocenters. The number of hydrogen-bond donors (Lipinski definition) is 0. The highest BCUT2D eigenvalue weighted by molar-refractivity contribution is 8.01. The third kappa shape index (κ3) is 4.77. The molecule has 0 N–H and O–H groups in total. The lowest BCUT2D eigenvalue weighted by Gasteiger charge is -2.01. The van der Waals surface area contributed by atoms with Gasteiger partial charge >= 0.3 is 11.9 Å². The molecule has 23 heavy (non-hydrogen) atoms. The van der Waals surface area contributed by atoms with Gasteiger partial charge in [0.2, 0.25) is 0 Å². The van der Waals surface area contributed by atoms with Crippen molar-refractivity contribution in [3.63, 3.8) is 0 Å². The smallest absolute Gasteiger partial charge is 0.337 e. The second-order valence-electron chi connectivity index (χ2n) is 4.45. The van der Waals surface area contributed by atoms with Gasteiger partial charge in [0, 0.05) is 11.1 Å². The van der Waals surface area contributed by atoms with Crippen LogP contribution in [-0.2, 0) is 20.7 Å². The van der Waals surface area contributed by atoms with Crippen molar-refractivity contribution in [3.05, 3.63) is 34.5 Å². The molecule has 0 fully saturated rings. The highest BCUT2D eigenvalue weighted by Gasteiger charge is 2.14. The molecule has 2 aromatic heterocycles. The van der Waals surface area contributed by atoms with E-state index in [1.807, 2.05) is 6.92 Å². The normalized spacial score (nSPS) is 10.4. The van der Waals surface area contributed by atoms with Crippen molar-refractivity contribution in [1.29, 1.82) is 0 Å². The number of esters is 2. The Labute approximate surface area is 142 Å². The van der Waals surface area contributed by atoms with E-state index in [1.54, 1.807) is 25.3 Å². The van der Waals surface area contributed by atoms with E-state index < -0.39 is 5.97 Å². The van der Waals surface area contributed by atoms with Crippen molar-refractivity contribution in [1.82, 2.24) is 9.97 Å². The molecular weight excluding hydrogens is 336 g/mol. The number of aryl methyl sites for hydroxylation is 1. The summed E-state index contributed by atoms with van der Waals surface area (Å²) in [5, 5.41) is 0.643. The Morgan fingerprint density at radius 2 is 2.17 bits per heavy atom. The van der Waals surface area contributed by atoms with Crippen LogP contribution in [0.1, 0.15) is 27.9 Å². The molecule has 0 amide bonds. The molecule has 0 bridgehead atoms. The molecule has 8 heteroatoms. The summed E-state index contributed by atoms with van der Waals surface area (Å²) in [5.74, 6) is -0.672. The zero-order valence-corrected chi connectivity index (χ0v) is 14.6. The van der Waals surface area contributed by atoms with Gasteiger partial charge in [0.05, 0.1) is 31.4 Å². The zero-order chi connectivity index (χ0) is 16.8. The molecular formula is C15H16N2O4S2. The molecule has 0 unspecified atom stereocenters. The summed E-state index contributed by atoms with van der Waals surface area (Å²) in [5.41, 5.74) is 1.24. The summed E-state index contributed by atoms with van der Waals surface area (Å²) in [4.78, 5) is 32.6. The first-order chi connectivity index (χ1) is 11.0. The van der Waals surface area contributed by atoms with Gasteiger partial charge < -0.3 is 9.47 Å². The van der Waals surface area contributed by atoms with Crippen molar-refractivity contribution in [2.75, 3.05) is 13.7 Å². The minimum atomic E-state index is -0.410. The SMILES string of the molecule is CCOC(=O)Cc1sc(Sc2cc(C(=O)OC)ccn2)nc1C. The molecule has 0 saturated carbocycles. The average molecular weight is 352 g/mol. The lowest BCUT2D eigenvalue weighted by atomic mass is 10.3. The maximum absolute atomic E-state index is 11.6. The summed E-state index contributed by atoms with van der Waals surface area (Å²) in [6.45, 7) is 3.99. The number of carbonyl (C=O) groups is 2. The molecule has 0 radical (unpaired) electrons. The Morgan fingerprint density at radius 3 is 2.87 bits per heavy atom. The fourth-order valence-corrected chi connectivity index (χ4v) is 3.91. The molecule has 2 aromatic rings. The van der Waals surface area contributed by atoms with Crippen LogP contribution in [0.15, 0.2) is 27.7 Å². The lowest BCUT2D eigenvalue weighted by molar-refractivity contribution is -0.142. The Morgan fingerprint density at radius 1 is 1.39 bits per heavy atom. The standard InChI is InChI=1S/C15H16N2O4S2/c1-4-21-13(18)8-11-9(2)17-15(22-11)23-12-7-10(5-6-16-12)14(19)20-3/h5-7H,4,8H2,1-3H3. The maximum Gasteiger partial charge on any atom is 0.337 e. The van der Waals surface area contributed by atoms with Gasteiger partial charge in [-0.05, 0) is 37.7 Å². The number of pyridine rings is 1. The van der Waals surface area contributed by atoms with E-state index in [1.165, 1.54) is 30.2 Å². The van der Waals surface area contributed by atoms with E-state index in [0.29, 0.717) is 17.2 Å². The number of nitrogens with zero attached hydrogens (tertiary/aromatic N) is 2. The van der Waals surface area contributed by atoms with Crippen LogP contribution in [0, 0.1) is 6.92 Å². The predicted molar refractivity (Wildman–Crippen MR) is 86.9 cm³/mol. The Bertz CT molecular complexity index is 715. The highest BCUT2D eigenvalue weighted by atomic mass is 32.2. The molecule has 0 aliphatic heterocycles. The fourth-order valence-electron chi connectivity index (χ4n) is 1.75. The summed E-state index contributed by atoms with van der Waals surface area (Å²) in [7, 11) is 1.33. The molecule has 6 nitrogen and oxygen atoms in total. The molecule has 2 heterocycles. The number of rotatable bonds is 6. The second-order valence-corrected chi connectivity index (χ2v) is 6.80. The monoisotopic (exact) mass is 352 g/mol. The third-order valence-corrected chi connectivity index (χ3v) is 4.98. The Kier molecular flexibility index (Phi) is 6.12. The minimum Gasteiger partial charge on any atom is -0.466 e. The number of methoxy groups -OCH3 is 1. The quantitative estimate of drug-likeness (QED) is 0.740. The van der Waals surface area contributed by atoms with Crippen molar-refractivity contribution in [2.45, 2.75) is 29.6 Å². The topological polar surface area (TPSA) is 78.4 Å². The van der Waals surface area contributed by atoms with Crippen molar-refractivity contribution in [2.24, 2.45) is 0 Å². The number of thiazole rings is 1. The van der Waals surface area contributed by atoms with E-state index >= 15 is 0 Å². The van der Waals surface area contributed by atoms with E-state index in [4.69, 9.17) is 9.47 Å². The number of carbonyl (C=O) groups excluding carboxylic acids is 2. The van der Waals surface area contributed by atoms with E-state index in [-0.39, 0.29) is 12.4 Å². The molecule has 0 saturated heterocycles. The molecule has 0 aromatic carbocycles. The van der Waals surface area contributed by atoms with Gasteiger partial charge in [0.15, 0.2) is 4.34 Å². The van der Waals surface area contributed by atoms with Crippen LogP contribution in [0.5, 0.6) is 0 Å². The van der Waals surface area contributed by atoms with Gasteiger partial charge in [0.25, 0.3) is 0 Å². The highest BCUT2D eigenvalue weighted by Crippen LogP contribution is 2.32. The summed E-state index contributed by atoms with van der Waals surface area (Å²) in [6.07, 6.45) is 1.77. The van der Waals surface area contributed by atoms with Crippen LogP contribution in [0.2, 0.25) is 0 Å². The molecule has 122 valence electrons. The van der Waals surface area contributed by atoms with Crippen LogP contribution in [0.4, 0.5) is 0 Å². The minimum absolute atomic E-state index is 0.216. The summed E-state index contributed by atoms with van der Waals surface area (Å²) < 4.78 is 10.4. The van der Waals surface area contributed by atoms with Crippen LogP contribution in [0.25, 0.3) is 0 Å². The summed E-state index contributed by atoms with van der Waals surface area (Å²) in [6, 6.07) is 3.24. The van der Waals surface area contributed by atoms with Crippen LogP contribution >= 0.6 is 23.1 Å². The number of aromatic nitrogens is 2. The van der Waals surface area contributed by atoms with E-state index in [0.717, 1.165) is 14.9 Å². The van der Waals surface area contributed by atoms with Crippen LogP contribution in [-0.4, -0.2) is 35.6 Å². The number of hydrogen-bond acceptors (Lipinski definition) is 8. The second kappa shape index (κ2) is 8.07. The molecule has 2 rings (SSSR count). The van der Waals surface area contributed by atoms with Crippen molar-refractivity contribution >= 4 is 35.0 Å². The van der Waals surface area contributed by atoms with Gasteiger partial charge in [-0.25, -0.2) is 14.8 Å². The number of ether oxygens (including phenoxy) is 2. The Balaban J connectivity index is 2.12. The molecule has 0 aliphatic rings. The maximum atomic E-state index is 11.6. The van der Waals surface area contributed by atoms with Crippen molar-refractivity contribution in [3.8, 4) is 0 Å². The van der Waals surface area contributed by atoms with Crippen molar-refractivity contribution < 1.29 is 19.1 Å². The van der Waals surface area contributed by atoms with E-state index in [9.17, 15) is 9.59 Å². The van der Waals surface area contributed by atoms with Gasteiger partial charge in [-0.2, -0.15) is 0 Å². The van der Waals surface area contributed by atoms with Gasteiger partial charge in [-0.3, -0.25) is 4.79 Å². The summed E-state index contributed by atoms with van der Waals surface area (Å²) >= 11 is 2.76. The van der Waals surface area contributed by atoms with Gasteiger partial charge in [-0.1, -0.05) is 0 Å². The fraction of sp³-hybridized carbons (Fsp3) is 0.333. The first-order valence-electron chi connectivity index (χ1n) is 6.87. The van der Waals surface area contributed by atoms with Gasteiger partial charge in [-0.15, -0.1) is 11.3 Å². The average Bonchev–Trinajstić information content (AvgIpc) is 2.86. The zero-order valence-electron chi connectivity index (χ0n) is 13.0. The molecule has 0 spiro atoms. The van der Waals surface area contributed by atoms with Crippen LogP contribution in [0.3, 0.4) is 0 Å². The van der Waals surface area contributed by atoms with E-state index in [2.05, 4.69) is 9.97 Å². The van der Waals surface area contributed by atoms with Crippen LogP contribution < -0.4 is 0 Å². The first kappa shape index (κ1) is 17.4. The first-order valence-corrected chi connectivity index (χ1v) is 8.51. The largest absolute Gasteiger partial charge is 0.466 e. The lowest BCUT2D eigenvalue weighted by Crippen LogP contribution is -2.07. The molecule has 0 aliphatic carbocycles. The van der Waals surface area contributed by atoms with Gasteiger partial charge in [0.1, 0.15) is 5.03 Å². The Hall–Kier alpha value is -1.93. The predicted octanol–water partition coefficient (Wildman–Crippen LogP) is 2.89.